The molecule has 1 heterocycles. The van der Waals surface area contributed by atoms with Gasteiger partial charge in [-0.05, 0) is 61.4 Å². The van der Waals surface area contributed by atoms with Crippen molar-refractivity contribution in [1.29, 1.82) is 0 Å². The zero-order chi connectivity index (χ0) is 22.1. The van der Waals surface area contributed by atoms with E-state index < -0.39 is 0 Å². The number of amides is 1. The summed E-state index contributed by atoms with van der Waals surface area (Å²) in [5.74, 6) is 2.73. The predicted molar refractivity (Wildman–Crippen MR) is 120 cm³/mol. The lowest BCUT2D eigenvalue weighted by atomic mass is 10.2. The number of carbonyl (C=O) groups excluding carboxylic acids is 1. The van der Waals surface area contributed by atoms with Crippen LogP contribution in [-0.4, -0.2) is 31.9 Å². The Morgan fingerprint density at radius 3 is 2.23 bits per heavy atom. The van der Waals surface area contributed by atoms with Crippen molar-refractivity contribution in [1.82, 2.24) is 5.16 Å². The molecule has 0 aliphatic carbocycles. The third-order valence-electron chi connectivity index (χ3n) is 4.58. The molecule has 7 heteroatoms. The molecule has 2 aromatic carbocycles. The van der Waals surface area contributed by atoms with E-state index in [1.54, 1.807) is 27.2 Å². The van der Waals surface area contributed by atoms with Crippen LogP contribution >= 0.6 is 0 Å². The number of benzene rings is 2. The first-order valence-electron chi connectivity index (χ1n) is 9.94. The molecule has 3 rings (SSSR count). The molecule has 3 aromatic rings. The molecule has 1 N–H and O–H groups in total. The van der Waals surface area contributed by atoms with E-state index in [9.17, 15) is 4.79 Å². The van der Waals surface area contributed by atoms with Gasteiger partial charge in [-0.3, -0.25) is 4.79 Å². The van der Waals surface area contributed by atoms with Crippen LogP contribution in [0.3, 0.4) is 0 Å². The minimum atomic E-state index is -0.122. The molecule has 0 unspecified atom stereocenters. The lowest BCUT2D eigenvalue weighted by Gasteiger charge is -2.07. The highest BCUT2D eigenvalue weighted by Crippen LogP contribution is 2.23. The Kier molecular flexibility index (Phi) is 7.70. The van der Waals surface area contributed by atoms with Gasteiger partial charge in [0.15, 0.2) is 5.76 Å². The molecule has 1 amide bonds. The van der Waals surface area contributed by atoms with Gasteiger partial charge >= 0.3 is 0 Å². The fourth-order valence-corrected chi connectivity index (χ4v) is 2.84. The van der Waals surface area contributed by atoms with Gasteiger partial charge in [0.25, 0.3) is 0 Å². The molecule has 162 valence electrons. The van der Waals surface area contributed by atoms with Gasteiger partial charge in [-0.15, -0.1) is 0 Å². The predicted octanol–water partition coefficient (Wildman–Crippen LogP) is 4.97. The molecule has 0 bridgehead atoms. The second-order valence-corrected chi connectivity index (χ2v) is 6.78. The molecular formula is C24H26N2O5. The normalized spacial score (nSPS) is 10.8. The standard InChI is InChI=1S/C24H26N2O5/c1-17-24(22(26-31-17)15-8-18-6-9-19(28-2)10-7-18)25-23(27)5-4-16-30-21-13-11-20(29-3)12-14-21/h6-15H,4-5,16H2,1-3H3,(H,25,27)/b15-8+. The number of aromatic nitrogens is 1. The van der Waals surface area contributed by atoms with Crippen LogP contribution in [0.25, 0.3) is 12.2 Å². The number of nitrogens with one attached hydrogen (secondary N) is 1. The average Bonchev–Trinajstić information content (AvgIpc) is 3.15. The van der Waals surface area contributed by atoms with Crippen LogP contribution in [0.4, 0.5) is 5.69 Å². The number of anilines is 1. The van der Waals surface area contributed by atoms with E-state index >= 15 is 0 Å². The van der Waals surface area contributed by atoms with Gasteiger partial charge in [0, 0.05) is 6.42 Å². The second-order valence-electron chi connectivity index (χ2n) is 6.78. The number of nitrogens with zero attached hydrogens (tertiary/aromatic N) is 1. The van der Waals surface area contributed by atoms with E-state index in [4.69, 9.17) is 18.7 Å². The minimum Gasteiger partial charge on any atom is -0.497 e. The molecule has 0 aliphatic rings. The highest BCUT2D eigenvalue weighted by atomic mass is 16.5. The van der Waals surface area contributed by atoms with Gasteiger partial charge in [0.05, 0.1) is 20.8 Å². The molecule has 1 aromatic heterocycles. The molecule has 0 saturated carbocycles. The van der Waals surface area contributed by atoms with Crippen molar-refractivity contribution < 1.29 is 23.5 Å². The van der Waals surface area contributed by atoms with Gasteiger partial charge in [-0.25, -0.2) is 0 Å². The smallest absolute Gasteiger partial charge is 0.224 e. The van der Waals surface area contributed by atoms with E-state index in [0.717, 1.165) is 22.8 Å². The number of carbonyl (C=O) groups is 1. The average molecular weight is 422 g/mol. The van der Waals surface area contributed by atoms with Crippen molar-refractivity contribution in [2.75, 3.05) is 26.1 Å². The van der Waals surface area contributed by atoms with Crippen LogP contribution in [0.2, 0.25) is 0 Å². The lowest BCUT2D eigenvalue weighted by molar-refractivity contribution is -0.116. The molecule has 31 heavy (non-hydrogen) atoms. The van der Waals surface area contributed by atoms with Crippen molar-refractivity contribution in [2.24, 2.45) is 0 Å². The number of hydrogen-bond donors (Lipinski definition) is 1. The Balaban J connectivity index is 1.50. The largest absolute Gasteiger partial charge is 0.497 e. The van der Waals surface area contributed by atoms with Gasteiger partial charge in [0.1, 0.15) is 28.6 Å². The summed E-state index contributed by atoms with van der Waals surface area (Å²) < 4.78 is 21.2. The van der Waals surface area contributed by atoms with E-state index in [1.165, 1.54) is 0 Å². The Morgan fingerprint density at radius 2 is 1.58 bits per heavy atom. The number of hydrogen-bond acceptors (Lipinski definition) is 6. The van der Waals surface area contributed by atoms with Crippen molar-refractivity contribution in [2.45, 2.75) is 19.8 Å². The molecular weight excluding hydrogens is 396 g/mol. The number of aryl methyl sites for hydroxylation is 1. The molecule has 0 spiro atoms. The fourth-order valence-electron chi connectivity index (χ4n) is 2.84. The highest BCUT2D eigenvalue weighted by Gasteiger charge is 2.13. The van der Waals surface area contributed by atoms with Crippen molar-refractivity contribution >= 4 is 23.7 Å². The molecule has 0 aliphatic heterocycles. The first-order valence-corrected chi connectivity index (χ1v) is 9.94. The Bertz CT molecular complexity index is 1010. The van der Waals surface area contributed by atoms with Gasteiger partial charge < -0.3 is 24.1 Å². The summed E-state index contributed by atoms with van der Waals surface area (Å²) in [5.41, 5.74) is 2.12. The SMILES string of the molecule is COc1ccc(/C=C/c2noc(C)c2NC(=O)CCCOc2ccc(OC)cc2)cc1. The molecule has 0 saturated heterocycles. The Hall–Kier alpha value is -3.74. The number of rotatable bonds is 10. The highest BCUT2D eigenvalue weighted by molar-refractivity contribution is 5.93. The van der Waals surface area contributed by atoms with Crippen molar-refractivity contribution in [3.63, 3.8) is 0 Å². The maximum Gasteiger partial charge on any atom is 0.224 e. The van der Waals surface area contributed by atoms with Gasteiger partial charge in [0.2, 0.25) is 5.91 Å². The van der Waals surface area contributed by atoms with E-state index in [1.807, 2.05) is 54.6 Å². The summed E-state index contributed by atoms with van der Waals surface area (Å²) in [5, 5.41) is 6.92. The summed E-state index contributed by atoms with van der Waals surface area (Å²) in [6.07, 6.45) is 4.61. The molecule has 0 fully saturated rings. The quantitative estimate of drug-likeness (QED) is 0.465. The van der Waals surface area contributed by atoms with Crippen LogP contribution in [0.1, 0.15) is 29.9 Å². The Morgan fingerprint density at radius 1 is 0.968 bits per heavy atom. The maximum atomic E-state index is 12.4. The zero-order valence-corrected chi connectivity index (χ0v) is 17.9. The van der Waals surface area contributed by atoms with Crippen molar-refractivity contribution in [3.8, 4) is 17.2 Å². The summed E-state index contributed by atoms with van der Waals surface area (Å²) >= 11 is 0. The first kappa shape index (κ1) is 22.0. The molecule has 7 nitrogen and oxygen atoms in total. The van der Waals surface area contributed by atoms with Crippen LogP contribution in [0.5, 0.6) is 17.2 Å². The summed E-state index contributed by atoms with van der Waals surface area (Å²) in [6.45, 7) is 2.20. The van der Waals surface area contributed by atoms with E-state index in [2.05, 4.69) is 10.5 Å². The zero-order valence-electron chi connectivity index (χ0n) is 17.9. The second kappa shape index (κ2) is 10.9. The van der Waals surface area contributed by atoms with Crippen LogP contribution in [0.15, 0.2) is 53.1 Å². The number of ether oxygens (including phenoxy) is 3. The first-order chi connectivity index (χ1) is 15.1. The maximum absolute atomic E-state index is 12.4. The minimum absolute atomic E-state index is 0.122. The summed E-state index contributed by atoms with van der Waals surface area (Å²) in [6, 6.07) is 15.0. The summed E-state index contributed by atoms with van der Waals surface area (Å²) in [4.78, 5) is 12.4. The monoisotopic (exact) mass is 422 g/mol. The molecule has 0 radical (unpaired) electrons. The lowest BCUT2D eigenvalue weighted by Crippen LogP contribution is -2.13. The number of methoxy groups -OCH3 is 2. The topological polar surface area (TPSA) is 82.8 Å². The van der Waals surface area contributed by atoms with Crippen molar-refractivity contribution in [3.05, 3.63) is 65.5 Å². The van der Waals surface area contributed by atoms with Gasteiger partial charge in [-0.1, -0.05) is 23.4 Å². The van der Waals surface area contributed by atoms with E-state index in [-0.39, 0.29) is 5.91 Å². The third kappa shape index (κ3) is 6.37. The summed E-state index contributed by atoms with van der Waals surface area (Å²) in [7, 11) is 3.25. The van der Waals surface area contributed by atoms with Crippen LogP contribution < -0.4 is 19.5 Å². The third-order valence-corrected chi connectivity index (χ3v) is 4.58. The van der Waals surface area contributed by atoms with Crippen LogP contribution in [0, 0.1) is 6.92 Å². The van der Waals surface area contributed by atoms with E-state index in [0.29, 0.717) is 36.6 Å². The fraction of sp³-hybridized carbons (Fsp3) is 0.250. The Labute approximate surface area is 181 Å². The molecule has 0 atom stereocenters. The van der Waals surface area contributed by atoms with Crippen LogP contribution in [-0.2, 0) is 4.79 Å². The van der Waals surface area contributed by atoms with Gasteiger partial charge in [-0.2, -0.15) is 0 Å².